The lowest BCUT2D eigenvalue weighted by Crippen LogP contribution is -1.98. The molecule has 0 N–H and O–H groups in total. The fourth-order valence-electron chi connectivity index (χ4n) is 1.30. The van der Waals surface area contributed by atoms with Crippen LogP contribution in [0.25, 0.3) is 5.52 Å². The highest BCUT2D eigenvalue weighted by Gasteiger charge is 2.02. The van der Waals surface area contributed by atoms with Crippen molar-refractivity contribution in [2.24, 2.45) is 0 Å². The van der Waals surface area contributed by atoms with Crippen LogP contribution in [0, 0.1) is 6.92 Å². The Bertz CT molecular complexity index is 406. The van der Waals surface area contributed by atoms with Gasteiger partial charge in [0.2, 0.25) is 0 Å². The molecule has 0 aliphatic heterocycles. The van der Waals surface area contributed by atoms with Crippen LogP contribution in [0.15, 0.2) is 24.4 Å². The molecule has 0 saturated carbocycles. The predicted molar refractivity (Wildman–Crippen MR) is 49.5 cm³/mol. The number of alkyl halides is 1. The van der Waals surface area contributed by atoms with Crippen LogP contribution in [0.1, 0.15) is 11.3 Å². The van der Waals surface area contributed by atoms with E-state index < -0.39 is 0 Å². The number of hydrogen-bond donors (Lipinski definition) is 0. The fraction of sp³-hybridized carbons (Fsp3) is 0.222. The molecule has 2 rings (SSSR count). The first kappa shape index (κ1) is 7.62. The number of hydrogen-bond acceptors (Lipinski definition) is 1. The zero-order chi connectivity index (χ0) is 8.55. The number of nitrogens with zero attached hydrogens (tertiary/aromatic N) is 2. The Morgan fingerprint density at radius 3 is 3.00 bits per heavy atom. The molecule has 0 atom stereocenters. The van der Waals surface area contributed by atoms with Gasteiger partial charge >= 0.3 is 0 Å². The van der Waals surface area contributed by atoms with Gasteiger partial charge in [-0.1, -0.05) is 6.07 Å². The summed E-state index contributed by atoms with van der Waals surface area (Å²) in [6.07, 6.45) is 1.78. The van der Waals surface area contributed by atoms with Gasteiger partial charge in [0.1, 0.15) is 0 Å². The van der Waals surface area contributed by atoms with Crippen molar-refractivity contribution in [1.82, 2.24) is 9.61 Å². The van der Waals surface area contributed by atoms with E-state index in [4.69, 9.17) is 11.6 Å². The quantitative estimate of drug-likeness (QED) is 0.616. The Labute approximate surface area is 75.8 Å². The molecule has 62 valence electrons. The van der Waals surface area contributed by atoms with Gasteiger partial charge in [0.25, 0.3) is 0 Å². The van der Waals surface area contributed by atoms with Gasteiger partial charge in [-0.15, -0.1) is 11.6 Å². The molecule has 0 aliphatic rings. The van der Waals surface area contributed by atoms with Gasteiger partial charge in [-0.3, -0.25) is 0 Å². The van der Waals surface area contributed by atoms with E-state index in [1.165, 1.54) is 5.56 Å². The van der Waals surface area contributed by atoms with E-state index in [2.05, 4.69) is 11.2 Å². The van der Waals surface area contributed by atoms with Crippen LogP contribution >= 0.6 is 11.6 Å². The van der Waals surface area contributed by atoms with Gasteiger partial charge in [-0.25, -0.2) is 4.52 Å². The SMILES string of the molecule is Cc1ccc2ccnn2c1CCl. The summed E-state index contributed by atoms with van der Waals surface area (Å²) < 4.78 is 1.88. The summed E-state index contributed by atoms with van der Waals surface area (Å²) in [7, 11) is 0. The van der Waals surface area contributed by atoms with E-state index in [0.717, 1.165) is 11.2 Å². The van der Waals surface area contributed by atoms with Crippen molar-refractivity contribution in [3.05, 3.63) is 35.7 Å². The number of rotatable bonds is 1. The Morgan fingerprint density at radius 1 is 1.42 bits per heavy atom. The van der Waals surface area contributed by atoms with Crippen molar-refractivity contribution in [2.75, 3.05) is 0 Å². The van der Waals surface area contributed by atoms with Crippen molar-refractivity contribution < 1.29 is 0 Å². The molecule has 0 saturated heterocycles. The summed E-state index contributed by atoms with van der Waals surface area (Å²) >= 11 is 5.81. The molecule has 0 radical (unpaired) electrons. The largest absolute Gasteiger partial charge is 0.236 e. The Hall–Kier alpha value is -1.02. The lowest BCUT2D eigenvalue weighted by atomic mass is 10.2. The van der Waals surface area contributed by atoms with Crippen LogP contribution in [0.5, 0.6) is 0 Å². The van der Waals surface area contributed by atoms with Crippen LogP contribution < -0.4 is 0 Å². The van der Waals surface area contributed by atoms with Crippen molar-refractivity contribution in [3.8, 4) is 0 Å². The summed E-state index contributed by atoms with van der Waals surface area (Å²) in [6, 6.07) is 6.07. The minimum Gasteiger partial charge on any atom is -0.236 e. The molecule has 0 aromatic carbocycles. The minimum absolute atomic E-state index is 0.505. The molecule has 0 unspecified atom stereocenters. The van der Waals surface area contributed by atoms with Gasteiger partial charge < -0.3 is 0 Å². The maximum absolute atomic E-state index is 5.81. The summed E-state index contributed by atoms with van der Waals surface area (Å²) in [4.78, 5) is 0. The third kappa shape index (κ3) is 0.994. The number of aromatic nitrogens is 2. The predicted octanol–water partition coefficient (Wildman–Crippen LogP) is 2.38. The Balaban J connectivity index is 2.83. The summed E-state index contributed by atoms with van der Waals surface area (Å²) in [5, 5.41) is 4.18. The first-order valence-electron chi connectivity index (χ1n) is 3.81. The monoisotopic (exact) mass is 180 g/mol. The lowest BCUT2D eigenvalue weighted by Gasteiger charge is -2.04. The van der Waals surface area contributed by atoms with Crippen molar-refractivity contribution >= 4 is 17.1 Å². The highest BCUT2D eigenvalue weighted by atomic mass is 35.5. The zero-order valence-electron chi connectivity index (χ0n) is 6.79. The van der Waals surface area contributed by atoms with Crippen LogP contribution in [0.3, 0.4) is 0 Å². The average Bonchev–Trinajstić information content (AvgIpc) is 2.52. The van der Waals surface area contributed by atoms with Gasteiger partial charge in [-0.05, 0) is 24.6 Å². The molecule has 0 spiro atoms. The molecule has 12 heavy (non-hydrogen) atoms. The van der Waals surface area contributed by atoms with Crippen LogP contribution in [-0.4, -0.2) is 9.61 Å². The molecule has 2 nitrogen and oxygen atoms in total. The first-order valence-corrected chi connectivity index (χ1v) is 4.34. The summed E-state index contributed by atoms with van der Waals surface area (Å²) in [5.74, 6) is 0.505. The number of fused-ring (bicyclic) bond motifs is 1. The molecule has 0 amide bonds. The number of pyridine rings is 1. The zero-order valence-corrected chi connectivity index (χ0v) is 7.54. The maximum atomic E-state index is 5.81. The lowest BCUT2D eigenvalue weighted by molar-refractivity contribution is 0.892. The molecular weight excluding hydrogens is 172 g/mol. The smallest absolute Gasteiger partial charge is 0.0665 e. The molecule has 3 heteroatoms. The maximum Gasteiger partial charge on any atom is 0.0665 e. The van der Waals surface area contributed by atoms with Crippen molar-refractivity contribution in [2.45, 2.75) is 12.8 Å². The van der Waals surface area contributed by atoms with E-state index in [9.17, 15) is 0 Å². The van der Waals surface area contributed by atoms with Gasteiger partial charge in [0.05, 0.1) is 17.1 Å². The number of halogens is 1. The van der Waals surface area contributed by atoms with E-state index >= 15 is 0 Å². The van der Waals surface area contributed by atoms with Crippen LogP contribution in [0.2, 0.25) is 0 Å². The Kier molecular flexibility index (Phi) is 1.77. The topological polar surface area (TPSA) is 17.3 Å². The first-order chi connectivity index (χ1) is 5.83. The number of aryl methyl sites for hydroxylation is 1. The summed E-state index contributed by atoms with van der Waals surface area (Å²) in [6.45, 7) is 2.04. The fourth-order valence-corrected chi connectivity index (χ4v) is 1.62. The molecule has 0 fully saturated rings. The summed E-state index contributed by atoms with van der Waals surface area (Å²) in [5.41, 5.74) is 3.34. The molecule has 0 bridgehead atoms. The second-order valence-electron chi connectivity index (χ2n) is 2.76. The standard InChI is InChI=1S/C9H9ClN2/c1-7-2-3-8-4-5-11-12(8)9(7)6-10/h2-5H,6H2,1H3. The van der Waals surface area contributed by atoms with Crippen molar-refractivity contribution in [3.63, 3.8) is 0 Å². The molecule has 2 aromatic heterocycles. The van der Waals surface area contributed by atoms with Gasteiger partial charge in [-0.2, -0.15) is 5.10 Å². The second kappa shape index (κ2) is 2.79. The molecule has 2 aromatic rings. The van der Waals surface area contributed by atoms with Crippen molar-refractivity contribution in [1.29, 1.82) is 0 Å². The Morgan fingerprint density at radius 2 is 2.25 bits per heavy atom. The van der Waals surface area contributed by atoms with Crippen LogP contribution in [-0.2, 0) is 5.88 Å². The average molecular weight is 181 g/mol. The van der Waals surface area contributed by atoms with E-state index in [0.29, 0.717) is 5.88 Å². The highest BCUT2D eigenvalue weighted by Crippen LogP contribution is 2.13. The van der Waals surface area contributed by atoms with Gasteiger partial charge in [0.15, 0.2) is 0 Å². The van der Waals surface area contributed by atoms with E-state index in [1.54, 1.807) is 6.20 Å². The van der Waals surface area contributed by atoms with Gasteiger partial charge in [0, 0.05) is 6.20 Å². The van der Waals surface area contributed by atoms with Crippen LogP contribution in [0.4, 0.5) is 0 Å². The molecule has 0 aliphatic carbocycles. The minimum atomic E-state index is 0.505. The van der Waals surface area contributed by atoms with E-state index in [1.807, 2.05) is 23.6 Å². The molecule has 2 heterocycles. The normalized spacial score (nSPS) is 10.8. The third-order valence-corrected chi connectivity index (χ3v) is 2.27. The third-order valence-electron chi connectivity index (χ3n) is 2.01. The van der Waals surface area contributed by atoms with E-state index in [-0.39, 0.29) is 0 Å². The second-order valence-corrected chi connectivity index (χ2v) is 3.03. The molecular formula is C9H9ClN2. The highest BCUT2D eigenvalue weighted by molar-refractivity contribution is 6.17.